The molecule has 0 unspecified atom stereocenters. The first-order chi connectivity index (χ1) is 52.4. The molecule has 0 saturated carbocycles. The quantitative estimate of drug-likeness (QED) is 0.131. The second-order valence-electron chi connectivity index (χ2n) is 20.8. The number of aromatic nitrogens is 4. The highest BCUT2D eigenvalue weighted by Crippen LogP contribution is 2.52. The summed E-state index contributed by atoms with van der Waals surface area (Å²) in [6.45, 7) is 16.7. The fraction of sp³-hybridized carbons (Fsp3) is 0.176. The Balaban J connectivity index is 0.000000262. The summed E-state index contributed by atoms with van der Waals surface area (Å²) >= 11 is 2.93. The monoisotopic (exact) mass is 1430 g/mol. The van der Waals surface area contributed by atoms with E-state index in [1.807, 2.05) is 32.6 Å². The number of amides is 1. The number of amidine groups is 2. The van der Waals surface area contributed by atoms with Crippen molar-refractivity contribution in [1.29, 1.82) is 0 Å². The van der Waals surface area contributed by atoms with Gasteiger partial charge in [-0.15, -0.1) is 6.42 Å². The van der Waals surface area contributed by atoms with Gasteiger partial charge in [-0.2, -0.15) is 10.2 Å². The first-order valence-electron chi connectivity index (χ1n) is 30.9. The number of carbonyl (C=O) groups excluding carboxylic acids is 1. The zero-order chi connectivity index (χ0) is 75.8. The molecule has 2 aromatic heterocycles. The molecule has 108 heavy (non-hydrogen) atoms. The molecule has 506 valence electrons. The Kier molecular flexibility index (Phi) is 34.3. The second kappa shape index (κ2) is 45.7. The summed E-state index contributed by atoms with van der Waals surface area (Å²) in [5.41, 5.74) is 7.97. The van der Waals surface area contributed by atoms with Gasteiger partial charge in [-0.3, -0.25) is 14.2 Å². The standard InChI is InChI=1S/C47H4.C25H22FN5O2S.C18H18FN5OS.CH4/c1-3-5-7-9-11-13-15-17-19-21-23-25-27-29-31-33-35-37-39-41-43-45-47-46-44-42-40-38-36-34-32-30-28-26-24-22-20-18-16-14-12-10-8-6-4-2;1-27-19-8-9-21(26)20(11-19)25-15-33-22(17-12-28-31(2)13-17)10-18(25)14-34-24(30-25)29-23(32)16-6-4-3-5-7-16;1-21-13-3-4-15(19)14(6-13)18-10-25-16(11-7-22-24(2)8-11)5-12(18)9-26-17(20)23-18;/h1H,2H3;3-9,11-13,18,22H,10,14-15H2,2H3,(H,29,30,32);3-4,6-8,12,16H,5,9-10H2,2H3,(H2,20,23);1H4/t;18-,22+,25-;12-,16+,18-;/m.00./s1. The minimum absolute atomic E-state index is 0. The van der Waals surface area contributed by atoms with Crippen molar-refractivity contribution in [2.24, 2.45) is 41.6 Å². The van der Waals surface area contributed by atoms with Gasteiger partial charge in [0.15, 0.2) is 21.7 Å². The van der Waals surface area contributed by atoms with Crippen LogP contribution in [0.4, 0.5) is 20.2 Å². The first kappa shape index (κ1) is 81.0. The fourth-order valence-electron chi connectivity index (χ4n) is 9.63. The van der Waals surface area contributed by atoms with E-state index >= 15 is 4.39 Å². The number of rotatable bonds is 5. The van der Waals surface area contributed by atoms with E-state index in [0.717, 1.165) is 16.9 Å². The molecule has 2 saturated heterocycles. The molecule has 0 spiro atoms. The van der Waals surface area contributed by atoms with E-state index in [2.05, 4.69) is 297 Å². The maximum absolute atomic E-state index is 15.2. The Hall–Kier alpha value is -16.0. The average Bonchev–Trinajstić information content (AvgIpc) is 1.36. The van der Waals surface area contributed by atoms with Crippen LogP contribution in [-0.4, -0.2) is 60.5 Å². The Morgan fingerprint density at radius 3 is 1.18 bits per heavy atom. The van der Waals surface area contributed by atoms with E-state index in [0.29, 0.717) is 57.0 Å². The minimum Gasteiger partial charge on any atom is -0.379 e. The largest absolute Gasteiger partial charge is 0.379 e. The van der Waals surface area contributed by atoms with Crippen molar-refractivity contribution in [3.05, 3.63) is 154 Å². The molecule has 9 rings (SSSR count). The first-order valence-corrected chi connectivity index (χ1v) is 32.9. The Morgan fingerprint density at radius 1 is 0.519 bits per heavy atom. The SMILES string of the molecule is C.C#CC#CC#CC#CC#CC#CC#CC#CC#CC#CC#CC#CC#CC#CC#CC#CC#CC#CC#CC#CC#CC#CC#CC.[C-]#[N+]c1ccc(F)c([C@]23CO[C@@H](c4cnn(C)c4)C[C@H]2CSC(N)=N3)c1.[C-]#[N+]c1ccc(F)c([C@]23CO[C@@H](c4cnn(C)c4)C[C@H]2CSC(NC(=O)c2ccccc2)=N3)c1. The lowest BCUT2D eigenvalue weighted by atomic mass is 9.74. The van der Waals surface area contributed by atoms with Crippen molar-refractivity contribution < 1.29 is 23.0 Å². The molecule has 13 nitrogen and oxygen atoms in total. The molecule has 0 aliphatic carbocycles. The molecule has 6 heterocycles. The summed E-state index contributed by atoms with van der Waals surface area (Å²) in [5, 5.41) is 12.2. The third-order valence-corrected chi connectivity index (χ3v) is 16.2. The van der Waals surface area contributed by atoms with Crippen molar-refractivity contribution >= 4 is 51.1 Å². The summed E-state index contributed by atoms with van der Waals surface area (Å²) in [6, 6.07) is 17.6. The lowest BCUT2D eigenvalue weighted by molar-refractivity contribution is -0.0588. The highest BCUT2D eigenvalue weighted by Gasteiger charge is 2.51. The molecule has 2 fully saturated rings. The van der Waals surface area contributed by atoms with E-state index in [4.69, 9.17) is 39.8 Å². The molecule has 1 amide bonds. The molecule has 3 aromatic carbocycles. The van der Waals surface area contributed by atoms with Gasteiger partial charge in [0.1, 0.15) is 22.7 Å². The molecule has 17 heteroatoms. The van der Waals surface area contributed by atoms with Gasteiger partial charge < -0.3 is 20.5 Å². The number of carbonyl (C=O) groups is 1. The van der Waals surface area contributed by atoms with Crippen LogP contribution in [0.15, 0.2) is 102 Å². The van der Waals surface area contributed by atoms with Gasteiger partial charge in [0, 0.05) is 243 Å². The zero-order valence-electron chi connectivity index (χ0n) is 56.7. The third kappa shape index (κ3) is 26.5. The van der Waals surface area contributed by atoms with Gasteiger partial charge >= 0.3 is 0 Å². The number of hydrogen-bond acceptors (Lipinski definition) is 10. The number of nitrogens with zero attached hydrogens (tertiary/aromatic N) is 8. The number of fused-ring (bicyclic) bond motifs is 2. The van der Waals surface area contributed by atoms with Crippen LogP contribution < -0.4 is 11.1 Å². The summed E-state index contributed by atoms with van der Waals surface area (Å²) in [7, 11) is 3.72. The van der Waals surface area contributed by atoms with E-state index in [-0.39, 0.29) is 56.4 Å². The lowest BCUT2D eigenvalue weighted by Gasteiger charge is -2.46. The second-order valence-corrected chi connectivity index (χ2v) is 22.9. The number of hydrogen-bond donors (Lipinski definition) is 2. The number of nitrogens with two attached hydrogens (primary N) is 1. The summed E-state index contributed by atoms with van der Waals surface area (Å²) in [4.78, 5) is 29.2. The van der Waals surface area contributed by atoms with Crippen LogP contribution in [0, 0.1) is 309 Å². The molecular weight excluding hydrogens is 1380 g/mol. The summed E-state index contributed by atoms with van der Waals surface area (Å²) in [6.07, 6.45) is 13.4. The summed E-state index contributed by atoms with van der Waals surface area (Å²) < 4.78 is 45.7. The van der Waals surface area contributed by atoms with Crippen molar-refractivity contribution in [3.63, 3.8) is 0 Å². The summed E-state index contributed by atoms with van der Waals surface area (Å²) in [5.74, 6) is 112. The van der Waals surface area contributed by atoms with E-state index in [1.54, 1.807) is 65.1 Å². The van der Waals surface area contributed by atoms with E-state index in [1.165, 1.54) is 47.8 Å². The smallest absolute Gasteiger partial charge is 0.257 e. The molecule has 4 aliphatic rings. The van der Waals surface area contributed by atoms with Crippen molar-refractivity contribution in [1.82, 2.24) is 24.9 Å². The van der Waals surface area contributed by atoms with Crippen LogP contribution in [0.2, 0.25) is 0 Å². The normalized spacial score (nSPS) is 16.0. The maximum Gasteiger partial charge on any atom is 0.257 e. The van der Waals surface area contributed by atoms with Crippen molar-refractivity contribution in [2.45, 2.75) is 50.5 Å². The molecule has 6 atom stereocenters. The van der Waals surface area contributed by atoms with Gasteiger partial charge in [0.25, 0.3) is 5.91 Å². The zero-order valence-corrected chi connectivity index (χ0v) is 58.4. The highest BCUT2D eigenvalue weighted by atomic mass is 32.2. The number of aryl methyl sites for hydroxylation is 2. The van der Waals surface area contributed by atoms with Crippen LogP contribution in [-0.2, 0) is 34.6 Å². The average molecular weight is 1430 g/mol. The number of benzene rings is 3. The van der Waals surface area contributed by atoms with Crippen LogP contribution >= 0.6 is 23.5 Å². The van der Waals surface area contributed by atoms with E-state index in [9.17, 15) is 9.18 Å². The molecule has 5 aromatic rings. The Morgan fingerprint density at radius 2 is 0.852 bits per heavy atom. The highest BCUT2D eigenvalue weighted by molar-refractivity contribution is 8.14. The van der Waals surface area contributed by atoms with Crippen molar-refractivity contribution in [3.8, 4) is 273 Å². The topological polar surface area (TPSA) is 143 Å². The Labute approximate surface area is 638 Å². The molecule has 0 bridgehead atoms. The van der Waals surface area contributed by atoms with Gasteiger partial charge in [-0.1, -0.05) is 67.2 Å². The number of halogens is 2. The van der Waals surface area contributed by atoms with Crippen LogP contribution in [0.1, 0.15) is 72.0 Å². The number of thioether (sulfide) groups is 2. The number of terminal acetylenes is 1. The van der Waals surface area contributed by atoms with Gasteiger partial charge in [-0.05, 0) is 151 Å². The molecule has 0 radical (unpaired) electrons. The predicted molar refractivity (Wildman–Crippen MR) is 419 cm³/mol. The van der Waals surface area contributed by atoms with Gasteiger partial charge in [-0.25, -0.2) is 28.5 Å². The number of ether oxygens (including phenoxy) is 2. The van der Waals surface area contributed by atoms with Crippen LogP contribution in [0.3, 0.4) is 0 Å². The predicted octanol–water partition coefficient (Wildman–Crippen LogP) is 9.11. The minimum atomic E-state index is -1.05. The maximum atomic E-state index is 15.2. The fourth-order valence-corrected chi connectivity index (χ4v) is 11.8. The molecule has 4 aliphatic heterocycles. The lowest BCUT2D eigenvalue weighted by Crippen LogP contribution is -2.49. The van der Waals surface area contributed by atoms with Gasteiger partial charge in [0.2, 0.25) is 0 Å². The third-order valence-electron chi connectivity index (χ3n) is 14.2. The van der Waals surface area contributed by atoms with Gasteiger partial charge in [0.05, 0.1) is 51.0 Å². The van der Waals surface area contributed by atoms with E-state index < -0.39 is 16.9 Å². The number of nitrogens with one attached hydrogen (secondary N) is 1. The van der Waals surface area contributed by atoms with Crippen LogP contribution in [0.5, 0.6) is 0 Å². The van der Waals surface area contributed by atoms with Crippen LogP contribution in [0.25, 0.3) is 9.69 Å². The molecule has 3 N–H and O–H groups in total. The Bertz CT molecular complexity index is 6150. The van der Waals surface area contributed by atoms with Crippen molar-refractivity contribution in [2.75, 3.05) is 24.7 Å². The molecular formula is C91H48F2N10O3S2. The number of aliphatic imine (C=N–C) groups is 2.